The Bertz CT molecular complexity index is 749. The predicted octanol–water partition coefficient (Wildman–Crippen LogP) is 2.36. The van der Waals surface area contributed by atoms with E-state index in [0.29, 0.717) is 22.8 Å². The van der Waals surface area contributed by atoms with Gasteiger partial charge in [-0.1, -0.05) is 6.07 Å². The first-order chi connectivity index (χ1) is 9.66. The number of rotatable bonds is 2. The largest absolute Gasteiger partial charge is 0.399 e. The van der Waals surface area contributed by atoms with Crippen LogP contribution in [0.15, 0.2) is 42.5 Å². The van der Waals surface area contributed by atoms with Crippen molar-refractivity contribution in [3.05, 3.63) is 53.8 Å². The maximum absolute atomic E-state index is 13.7. The number of nitrogens with two attached hydrogens (primary N) is 1. The Balaban J connectivity index is 2.15. The minimum Gasteiger partial charge on any atom is -0.399 e. The van der Waals surface area contributed by atoms with Crippen molar-refractivity contribution in [2.24, 2.45) is 0 Å². The van der Waals surface area contributed by atoms with Crippen LogP contribution in [0.1, 0.15) is 5.56 Å². The average Bonchev–Trinajstić information content (AvgIpc) is 2.92. The number of hydrogen-bond acceptors (Lipinski definition) is 4. The van der Waals surface area contributed by atoms with Gasteiger partial charge in [0.05, 0.1) is 5.69 Å². The molecule has 0 radical (unpaired) electrons. The highest BCUT2D eigenvalue weighted by Crippen LogP contribution is 2.23. The van der Waals surface area contributed by atoms with E-state index in [1.807, 2.05) is 12.1 Å². The minimum atomic E-state index is -0.291. The van der Waals surface area contributed by atoms with E-state index in [0.717, 1.165) is 5.56 Å². The topological polar surface area (TPSA) is 69.6 Å². The Morgan fingerprint density at radius 2 is 1.85 bits per heavy atom. The highest BCUT2D eigenvalue weighted by atomic mass is 19.1. The second-order valence-corrected chi connectivity index (χ2v) is 4.42. The van der Waals surface area contributed by atoms with Crippen LogP contribution in [0.25, 0.3) is 17.1 Å². The van der Waals surface area contributed by atoms with Crippen molar-refractivity contribution in [1.82, 2.24) is 20.2 Å². The van der Waals surface area contributed by atoms with Crippen LogP contribution in [-0.4, -0.2) is 20.2 Å². The Morgan fingerprint density at radius 3 is 2.60 bits per heavy atom. The smallest absolute Gasteiger partial charge is 0.187 e. The molecule has 100 valence electrons. The summed E-state index contributed by atoms with van der Waals surface area (Å²) in [5.74, 6) is 0.250. The lowest BCUT2D eigenvalue weighted by atomic mass is 10.1. The van der Waals surface area contributed by atoms with Gasteiger partial charge in [0.25, 0.3) is 0 Å². The first-order valence-corrected chi connectivity index (χ1v) is 6.06. The van der Waals surface area contributed by atoms with Gasteiger partial charge < -0.3 is 5.73 Å². The summed E-state index contributed by atoms with van der Waals surface area (Å²) in [5, 5.41) is 11.6. The van der Waals surface area contributed by atoms with Gasteiger partial charge in [0.15, 0.2) is 5.82 Å². The van der Waals surface area contributed by atoms with Crippen molar-refractivity contribution in [2.75, 3.05) is 5.73 Å². The molecule has 0 amide bonds. The van der Waals surface area contributed by atoms with Crippen molar-refractivity contribution >= 4 is 5.69 Å². The van der Waals surface area contributed by atoms with Crippen molar-refractivity contribution in [1.29, 1.82) is 0 Å². The van der Waals surface area contributed by atoms with Crippen molar-refractivity contribution in [3.63, 3.8) is 0 Å². The summed E-state index contributed by atoms with van der Waals surface area (Å²) in [6, 6.07) is 12.0. The third-order valence-electron chi connectivity index (χ3n) is 3.11. The minimum absolute atomic E-state index is 0.291. The summed E-state index contributed by atoms with van der Waals surface area (Å²) in [6.07, 6.45) is 0. The maximum Gasteiger partial charge on any atom is 0.187 e. The lowest BCUT2D eigenvalue weighted by Crippen LogP contribution is -2.03. The number of halogens is 1. The molecule has 5 nitrogen and oxygen atoms in total. The van der Waals surface area contributed by atoms with Crippen molar-refractivity contribution < 1.29 is 4.39 Å². The summed E-state index contributed by atoms with van der Waals surface area (Å²) in [7, 11) is 0. The van der Waals surface area contributed by atoms with Crippen molar-refractivity contribution in [3.8, 4) is 17.1 Å². The molecule has 0 atom stereocenters. The van der Waals surface area contributed by atoms with E-state index in [1.54, 1.807) is 31.2 Å². The molecule has 2 aromatic carbocycles. The highest BCUT2D eigenvalue weighted by molar-refractivity contribution is 5.61. The van der Waals surface area contributed by atoms with Gasteiger partial charge in [-0.15, -0.1) is 5.10 Å². The van der Waals surface area contributed by atoms with E-state index >= 15 is 0 Å². The molecular weight excluding hydrogens is 257 g/mol. The number of nitrogen functional groups attached to an aromatic ring is 1. The molecule has 3 rings (SSSR count). The van der Waals surface area contributed by atoms with E-state index in [4.69, 9.17) is 5.73 Å². The molecule has 0 saturated heterocycles. The van der Waals surface area contributed by atoms with Gasteiger partial charge in [-0.2, -0.15) is 4.68 Å². The zero-order chi connectivity index (χ0) is 14.1. The zero-order valence-electron chi connectivity index (χ0n) is 10.8. The van der Waals surface area contributed by atoms with Crippen LogP contribution in [0.4, 0.5) is 10.1 Å². The summed E-state index contributed by atoms with van der Waals surface area (Å²) in [5.41, 5.74) is 8.25. The van der Waals surface area contributed by atoms with E-state index in [-0.39, 0.29) is 5.82 Å². The van der Waals surface area contributed by atoms with Gasteiger partial charge >= 0.3 is 0 Å². The van der Waals surface area contributed by atoms with Crippen LogP contribution in [0, 0.1) is 12.7 Å². The van der Waals surface area contributed by atoms with Gasteiger partial charge in [-0.05, 0) is 53.7 Å². The first-order valence-electron chi connectivity index (χ1n) is 6.06. The standard InChI is InChI=1S/C14H12FN5/c1-9-12(15)3-2-4-13(9)20-14(17-18-19-20)10-5-7-11(16)8-6-10/h2-8H,16H2,1H3. The number of benzene rings is 2. The fourth-order valence-corrected chi connectivity index (χ4v) is 1.99. The Kier molecular flexibility index (Phi) is 2.90. The van der Waals surface area contributed by atoms with Crippen LogP contribution >= 0.6 is 0 Å². The molecule has 0 unspecified atom stereocenters. The molecule has 0 aliphatic heterocycles. The maximum atomic E-state index is 13.7. The quantitative estimate of drug-likeness (QED) is 0.725. The molecule has 0 saturated carbocycles. The van der Waals surface area contributed by atoms with E-state index < -0.39 is 0 Å². The molecule has 2 N–H and O–H groups in total. The van der Waals surface area contributed by atoms with E-state index in [1.165, 1.54) is 10.7 Å². The van der Waals surface area contributed by atoms with Gasteiger partial charge in [0.1, 0.15) is 5.82 Å². The fourth-order valence-electron chi connectivity index (χ4n) is 1.99. The van der Waals surface area contributed by atoms with Gasteiger partial charge in [-0.3, -0.25) is 0 Å². The molecule has 0 bridgehead atoms. The van der Waals surface area contributed by atoms with Crippen LogP contribution < -0.4 is 5.73 Å². The molecule has 3 aromatic rings. The molecule has 1 aromatic heterocycles. The summed E-state index contributed by atoms with van der Waals surface area (Å²) < 4.78 is 15.2. The normalized spacial score (nSPS) is 10.7. The van der Waals surface area contributed by atoms with Crippen LogP contribution in [0.3, 0.4) is 0 Å². The van der Waals surface area contributed by atoms with Crippen molar-refractivity contribution in [2.45, 2.75) is 6.92 Å². The van der Waals surface area contributed by atoms with Gasteiger partial charge in [-0.25, -0.2) is 4.39 Å². The summed E-state index contributed by atoms with van der Waals surface area (Å²) >= 11 is 0. The molecule has 0 spiro atoms. The van der Waals surface area contributed by atoms with E-state index in [2.05, 4.69) is 15.5 Å². The lowest BCUT2D eigenvalue weighted by Gasteiger charge is -2.08. The number of aromatic nitrogens is 4. The van der Waals surface area contributed by atoms with Crippen LogP contribution in [-0.2, 0) is 0 Å². The number of tetrazole rings is 1. The number of hydrogen-bond donors (Lipinski definition) is 1. The first kappa shape index (κ1) is 12.3. The van der Waals surface area contributed by atoms with Gasteiger partial charge in [0, 0.05) is 16.8 Å². The molecule has 20 heavy (non-hydrogen) atoms. The molecule has 0 aliphatic rings. The Morgan fingerprint density at radius 1 is 1.10 bits per heavy atom. The van der Waals surface area contributed by atoms with Gasteiger partial charge in [0.2, 0.25) is 0 Å². The third-order valence-corrected chi connectivity index (χ3v) is 3.11. The van der Waals surface area contributed by atoms with Crippen LogP contribution in [0.5, 0.6) is 0 Å². The Labute approximate surface area is 114 Å². The summed E-state index contributed by atoms with van der Waals surface area (Å²) in [6.45, 7) is 1.69. The summed E-state index contributed by atoms with van der Waals surface area (Å²) in [4.78, 5) is 0. The Hall–Kier alpha value is -2.76. The zero-order valence-corrected chi connectivity index (χ0v) is 10.8. The monoisotopic (exact) mass is 269 g/mol. The highest BCUT2D eigenvalue weighted by Gasteiger charge is 2.13. The lowest BCUT2D eigenvalue weighted by molar-refractivity contribution is 0.614. The molecule has 0 aliphatic carbocycles. The fraction of sp³-hybridized carbons (Fsp3) is 0.0714. The van der Waals surface area contributed by atoms with E-state index in [9.17, 15) is 4.39 Å². The molecule has 1 heterocycles. The SMILES string of the molecule is Cc1c(F)cccc1-n1nnnc1-c1ccc(N)cc1. The molecular formula is C14H12FN5. The number of nitrogens with zero attached hydrogens (tertiary/aromatic N) is 4. The number of anilines is 1. The van der Waals surface area contributed by atoms with Crippen LogP contribution in [0.2, 0.25) is 0 Å². The predicted molar refractivity (Wildman–Crippen MR) is 73.7 cm³/mol. The second-order valence-electron chi connectivity index (χ2n) is 4.42. The molecule has 6 heteroatoms. The molecule has 0 fully saturated rings. The average molecular weight is 269 g/mol. The second kappa shape index (κ2) is 4.73. The third kappa shape index (κ3) is 2.01.